The van der Waals surface area contributed by atoms with Crippen LogP contribution < -0.4 is 0 Å². The van der Waals surface area contributed by atoms with Crippen LogP contribution in [-0.4, -0.2) is 52.6 Å². The van der Waals surface area contributed by atoms with Gasteiger partial charge in [-0.15, -0.1) is 0 Å². The van der Waals surface area contributed by atoms with E-state index in [1.54, 1.807) is 0 Å². The van der Waals surface area contributed by atoms with Crippen LogP contribution in [0.5, 0.6) is 0 Å². The summed E-state index contributed by atoms with van der Waals surface area (Å²) in [7, 11) is 1.46. The second-order valence-corrected chi connectivity index (χ2v) is 5.67. The number of hydrogen-bond acceptors (Lipinski definition) is 5. The third-order valence-electron chi connectivity index (χ3n) is 4.35. The number of ether oxygens (including phenoxy) is 1. The quantitative estimate of drug-likeness (QED) is 0.817. The first kappa shape index (κ1) is 16.0. The van der Waals surface area contributed by atoms with E-state index in [1.165, 1.54) is 12.7 Å². The van der Waals surface area contributed by atoms with E-state index < -0.39 is 0 Å². The van der Waals surface area contributed by atoms with Crippen LogP contribution in [0, 0.1) is 19.8 Å². The van der Waals surface area contributed by atoms with E-state index in [1.807, 2.05) is 18.5 Å². The Kier molecular flexibility index (Phi) is 5.36. The Hall–Kier alpha value is -1.40. The molecule has 1 aromatic heterocycles. The van der Waals surface area contributed by atoms with Crippen LogP contribution in [0.3, 0.4) is 0 Å². The van der Waals surface area contributed by atoms with Crippen molar-refractivity contribution in [3.05, 3.63) is 17.0 Å². The number of rotatable bonds is 5. The number of aliphatic hydroxyl groups is 1. The zero-order valence-corrected chi connectivity index (χ0v) is 13.1. The van der Waals surface area contributed by atoms with E-state index in [0.29, 0.717) is 6.54 Å². The van der Waals surface area contributed by atoms with Crippen molar-refractivity contribution in [2.45, 2.75) is 39.8 Å². The Balaban J connectivity index is 1.96. The van der Waals surface area contributed by atoms with E-state index in [4.69, 9.17) is 9.84 Å². The second-order valence-electron chi connectivity index (χ2n) is 5.67. The lowest BCUT2D eigenvalue weighted by atomic mass is 9.96. The molecule has 0 aromatic carbocycles. The van der Waals surface area contributed by atoms with Gasteiger partial charge >= 0.3 is 5.97 Å². The molecule has 1 fully saturated rings. The number of piperidine rings is 1. The molecule has 0 aliphatic carbocycles. The highest BCUT2D eigenvalue weighted by Crippen LogP contribution is 2.22. The summed E-state index contributed by atoms with van der Waals surface area (Å²) in [6.07, 6.45) is 1.71. The average molecular weight is 295 g/mol. The van der Waals surface area contributed by atoms with Crippen LogP contribution in [0.15, 0.2) is 0 Å². The number of aryl methyl sites for hydroxylation is 1. The van der Waals surface area contributed by atoms with Crippen molar-refractivity contribution in [3.63, 3.8) is 0 Å². The summed E-state index contributed by atoms with van der Waals surface area (Å²) in [6.45, 7) is 7.37. The molecule has 1 aliphatic rings. The van der Waals surface area contributed by atoms with Gasteiger partial charge in [0, 0.05) is 17.8 Å². The summed E-state index contributed by atoms with van der Waals surface area (Å²) in [4.78, 5) is 13.9. The molecule has 0 unspecified atom stereocenters. The van der Waals surface area contributed by atoms with Crippen LogP contribution in [0.25, 0.3) is 0 Å². The highest BCUT2D eigenvalue weighted by atomic mass is 16.5. The summed E-state index contributed by atoms with van der Waals surface area (Å²) < 4.78 is 6.68. The zero-order valence-electron chi connectivity index (χ0n) is 13.1. The molecule has 0 spiro atoms. The molecule has 21 heavy (non-hydrogen) atoms. The number of likely N-dealkylation sites (tertiary alicyclic amines) is 1. The first-order valence-corrected chi connectivity index (χ1v) is 7.50. The van der Waals surface area contributed by atoms with Gasteiger partial charge in [-0.25, -0.2) is 0 Å². The molecule has 6 nitrogen and oxygen atoms in total. The molecular formula is C15H25N3O3. The lowest BCUT2D eigenvalue weighted by Gasteiger charge is -2.30. The molecule has 0 saturated carbocycles. The predicted octanol–water partition coefficient (Wildman–Crippen LogP) is 0.877. The number of aromatic nitrogens is 2. The SMILES string of the molecule is COC(=O)C1CCN(Cc2c(C)nn(CCO)c2C)CC1. The Bertz CT molecular complexity index is 491. The third kappa shape index (κ3) is 3.63. The highest BCUT2D eigenvalue weighted by molar-refractivity contribution is 5.72. The molecule has 118 valence electrons. The normalized spacial score (nSPS) is 17.1. The summed E-state index contributed by atoms with van der Waals surface area (Å²) in [5, 5.41) is 13.5. The monoisotopic (exact) mass is 295 g/mol. The molecule has 1 aromatic rings. The lowest BCUT2D eigenvalue weighted by molar-refractivity contribution is -0.147. The molecular weight excluding hydrogens is 270 g/mol. The van der Waals surface area contributed by atoms with E-state index in [-0.39, 0.29) is 18.5 Å². The number of esters is 1. The topological polar surface area (TPSA) is 67.6 Å². The van der Waals surface area contributed by atoms with Crippen LogP contribution >= 0.6 is 0 Å². The van der Waals surface area contributed by atoms with Crippen molar-refractivity contribution in [1.29, 1.82) is 0 Å². The molecule has 0 atom stereocenters. The van der Waals surface area contributed by atoms with Gasteiger partial charge in [0.05, 0.1) is 31.9 Å². The maximum Gasteiger partial charge on any atom is 0.308 e. The summed E-state index contributed by atoms with van der Waals surface area (Å²) in [6, 6.07) is 0. The van der Waals surface area contributed by atoms with Gasteiger partial charge in [0.15, 0.2) is 0 Å². The largest absolute Gasteiger partial charge is 0.469 e. The minimum absolute atomic E-state index is 0.0468. The number of nitrogens with zero attached hydrogens (tertiary/aromatic N) is 3. The molecule has 0 bridgehead atoms. The number of aliphatic hydroxyl groups excluding tert-OH is 1. The number of hydrogen-bond donors (Lipinski definition) is 1. The molecule has 6 heteroatoms. The van der Waals surface area contributed by atoms with Crippen LogP contribution in [0.2, 0.25) is 0 Å². The fraction of sp³-hybridized carbons (Fsp3) is 0.733. The Morgan fingerprint density at radius 3 is 2.62 bits per heavy atom. The fourth-order valence-electron chi connectivity index (χ4n) is 2.99. The fourth-order valence-corrected chi connectivity index (χ4v) is 2.99. The maximum atomic E-state index is 11.5. The Labute approximate surface area is 125 Å². The standard InChI is InChI=1S/C15H25N3O3/c1-11-14(12(2)18(16-11)8-9-19)10-17-6-4-13(5-7-17)15(20)21-3/h13,19H,4-10H2,1-3H3. The smallest absolute Gasteiger partial charge is 0.308 e. The summed E-state index contributed by atoms with van der Waals surface area (Å²) in [5.74, 6) is -0.0386. The van der Waals surface area contributed by atoms with Gasteiger partial charge in [-0.2, -0.15) is 5.10 Å². The number of carbonyl (C=O) groups is 1. The minimum Gasteiger partial charge on any atom is -0.469 e. The van der Waals surface area contributed by atoms with E-state index in [9.17, 15) is 4.79 Å². The summed E-state index contributed by atoms with van der Waals surface area (Å²) >= 11 is 0. The van der Waals surface area contributed by atoms with Crippen molar-refractivity contribution < 1.29 is 14.6 Å². The number of methoxy groups -OCH3 is 1. The van der Waals surface area contributed by atoms with Crippen molar-refractivity contribution in [1.82, 2.24) is 14.7 Å². The Morgan fingerprint density at radius 1 is 1.38 bits per heavy atom. The van der Waals surface area contributed by atoms with Gasteiger partial charge in [-0.3, -0.25) is 14.4 Å². The average Bonchev–Trinajstić information content (AvgIpc) is 2.75. The van der Waals surface area contributed by atoms with Gasteiger partial charge in [0.2, 0.25) is 0 Å². The van der Waals surface area contributed by atoms with Gasteiger partial charge in [-0.05, 0) is 39.8 Å². The zero-order chi connectivity index (χ0) is 15.4. The minimum atomic E-state index is -0.0854. The molecule has 2 heterocycles. The van der Waals surface area contributed by atoms with Gasteiger partial charge in [0.25, 0.3) is 0 Å². The van der Waals surface area contributed by atoms with E-state index >= 15 is 0 Å². The number of carbonyl (C=O) groups excluding carboxylic acids is 1. The van der Waals surface area contributed by atoms with Gasteiger partial charge in [0.1, 0.15) is 0 Å². The van der Waals surface area contributed by atoms with Gasteiger partial charge in [-0.1, -0.05) is 0 Å². The highest BCUT2D eigenvalue weighted by Gasteiger charge is 2.26. The molecule has 1 N–H and O–H groups in total. The van der Waals surface area contributed by atoms with Crippen molar-refractivity contribution in [3.8, 4) is 0 Å². The second kappa shape index (κ2) is 7.04. The van der Waals surface area contributed by atoms with Gasteiger partial charge < -0.3 is 9.84 Å². The van der Waals surface area contributed by atoms with Crippen molar-refractivity contribution in [2.75, 3.05) is 26.8 Å². The Morgan fingerprint density at radius 2 is 2.05 bits per heavy atom. The third-order valence-corrected chi connectivity index (χ3v) is 4.35. The maximum absolute atomic E-state index is 11.5. The first-order valence-electron chi connectivity index (χ1n) is 7.50. The molecule has 0 amide bonds. The lowest BCUT2D eigenvalue weighted by Crippen LogP contribution is -2.36. The molecule has 1 saturated heterocycles. The molecule has 2 rings (SSSR count). The first-order chi connectivity index (χ1) is 10.1. The van der Waals surface area contributed by atoms with E-state index in [2.05, 4.69) is 10.00 Å². The van der Waals surface area contributed by atoms with Crippen LogP contribution in [0.1, 0.15) is 29.8 Å². The van der Waals surface area contributed by atoms with Crippen LogP contribution in [-0.2, 0) is 22.6 Å². The molecule has 0 radical (unpaired) electrons. The van der Waals surface area contributed by atoms with Crippen molar-refractivity contribution in [2.24, 2.45) is 5.92 Å². The summed E-state index contributed by atoms with van der Waals surface area (Å²) in [5.41, 5.74) is 3.38. The van der Waals surface area contributed by atoms with Crippen molar-refractivity contribution >= 4 is 5.97 Å². The molecule has 1 aliphatic heterocycles. The van der Waals surface area contributed by atoms with E-state index in [0.717, 1.165) is 43.9 Å². The van der Waals surface area contributed by atoms with Crippen LogP contribution in [0.4, 0.5) is 0 Å². The predicted molar refractivity (Wildman–Crippen MR) is 78.8 cm³/mol.